The molecule has 1 N–H and O–H groups in total. The van der Waals surface area contributed by atoms with E-state index in [0.717, 1.165) is 36.8 Å². The topological polar surface area (TPSA) is 77.1 Å². The lowest BCUT2D eigenvalue weighted by Gasteiger charge is -2.38. The van der Waals surface area contributed by atoms with E-state index in [2.05, 4.69) is 5.32 Å². The van der Waals surface area contributed by atoms with Crippen LogP contribution >= 0.6 is 0 Å². The SMILES string of the molecule is CCOc1cc2c(cc1OCC)C(CC(=O)OC)N(C(=O)NC1CCCCC1)CC2. The molecule has 1 atom stereocenters. The minimum Gasteiger partial charge on any atom is -0.490 e. The summed E-state index contributed by atoms with van der Waals surface area (Å²) in [7, 11) is 1.38. The van der Waals surface area contributed by atoms with E-state index in [1.807, 2.05) is 26.0 Å². The van der Waals surface area contributed by atoms with Gasteiger partial charge >= 0.3 is 12.0 Å². The maximum atomic E-state index is 13.1. The fourth-order valence-corrected chi connectivity index (χ4v) is 4.45. The van der Waals surface area contributed by atoms with E-state index in [-0.39, 0.29) is 30.5 Å². The molecule has 30 heavy (non-hydrogen) atoms. The minimum atomic E-state index is -0.389. The molecule has 166 valence electrons. The predicted octanol–water partition coefficient (Wildman–Crippen LogP) is 3.99. The van der Waals surface area contributed by atoms with Crippen molar-refractivity contribution in [3.63, 3.8) is 0 Å². The fraction of sp³-hybridized carbons (Fsp3) is 0.652. The van der Waals surface area contributed by atoms with Crippen molar-refractivity contribution in [3.05, 3.63) is 23.3 Å². The number of methoxy groups -OCH3 is 1. The van der Waals surface area contributed by atoms with Gasteiger partial charge in [0, 0.05) is 12.6 Å². The zero-order valence-corrected chi connectivity index (χ0v) is 18.4. The molecule has 1 unspecified atom stereocenters. The molecule has 7 nitrogen and oxygen atoms in total. The number of esters is 1. The van der Waals surface area contributed by atoms with Crippen molar-refractivity contribution in [2.24, 2.45) is 0 Å². The Hall–Kier alpha value is -2.44. The number of hydrogen-bond donors (Lipinski definition) is 1. The third-order valence-corrected chi connectivity index (χ3v) is 5.94. The molecule has 3 rings (SSSR count). The van der Waals surface area contributed by atoms with E-state index in [1.54, 1.807) is 4.90 Å². The molecule has 2 aliphatic rings. The first-order valence-corrected chi connectivity index (χ1v) is 11.1. The molecule has 0 saturated heterocycles. The van der Waals surface area contributed by atoms with Crippen LogP contribution in [-0.4, -0.2) is 49.8 Å². The van der Waals surface area contributed by atoms with Gasteiger partial charge in [0.2, 0.25) is 0 Å². The Morgan fingerprint density at radius 3 is 2.37 bits per heavy atom. The summed E-state index contributed by atoms with van der Waals surface area (Å²) in [6.07, 6.45) is 6.39. The summed E-state index contributed by atoms with van der Waals surface area (Å²) < 4.78 is 16.5. The van der Waals surface area contributed by atoms with E-state index < -0.39 is 0 Å². The molecule has 0 spiro atoms. The third-order valence-electron chi connectivity index (χ3n) is 5.94. The number of urea groups is 1. The summed E-state index contributed by atoms with van der Waals surface area (Å²) in [6.45, 7) is 5.46. The van der Waals surface area contributed by atoms with E-state index in [0.29, 0.717) is 37.7 Å². The Labute approximate surface area is 179 Å². The quantitative estimate of drug-likeness (QED) is 0.678. The molecule has 1 aromatic carbocycles. The summed E-state index contributed by atoms with van der Waals surface area (Å²) in [5.74, 6) is 1.01. The number of carbonyl (C=O) groups excluding carboxylic acids is 2. The average Bonchev–Trinajstić information content (AvgIpc) is 2.75. The molecule has 1 aliphatic carbocycles. The van der Waals surface area contributed by atoms with Crippen LogP contribution in [0.3, 0.4) is 0 Å². The van der Waals surface area contributed by atoms with Gasteiger partial charge in [-0.1, -0.05) is 19.3 Å². The maximum Gasteiger partial charge on any atom is 0.318 e. The van der Waals surface area contributed by atoms with E-state index in [9.17, 15) is 9.59 Å². The monoisotopic (exact) mass is 418 g/mol. The van der Waals surface area contributed by atoms with Crippen molar-refractivity contribution in [2.45, 2.75) is 70.9 Å². The first kappa shape index (κ1) is 22.2. The van der Waals surface area contributed by atoms with Crippen LogP contribution in [0.25, 0.3) is 0 Å². The average molecular weight is 419 g/mol. The van der Waals surface area contributed by atoms with Crippen LogP contribution in [0.15, 0.2) is 12.1 Å². The highest BCUT2D eigenvalue weighted by Gasteiger charge is 2.35. The first-order valence-electron chi connectivity index (χ1n) is 11.1. The molecule has 7 heteroatoms. The predicted molar refractivity (Wildman–Crippen MR) is 114 cm³/mol. The van der Waals surface area contributed by atoms with Crippen LogP contribution < -0.4 is 14.8 Å². The smallest absolute Gasteiger partial charge is 0.318 e. The number of fused-ring (bicyclic) bond motifs is 1. The molecule has 1 heterocycles. The van der Waals surface area contributed by atoms with Crippen molar-refractivity contribution in [1.82, 2.24) is 10.2 Å². The Bertz CT molecular complexity index is 745. The van der Waals surface area contributed by atoms with Crippen LogP contribution in [-0.2, 0) is 16.0 Å². The molecule has 2 amide bonds. The van der Waals surface area contributed by atoms with Gasteiger partial charge in [0.1, 0.15) is 0 Å². The van der Waals surface area contributed by atoms with Crippen molar-refractivity contribution in [2.75, 3.05) is 26.9 Å². The summed E-state index contributed by atoms with van der Waals surface area (Å²) in [5.41, 5.74) is 2.01. The number of ether oxygens (including phenoxy) is 3. The van der Waals surface area contributed by atoms with Crippen LogP contribution in [0, 0.1) is 0 Å². The van der Waals surface area contributed by atoms with Gasteiger partial charge in [0.15, 0.2) is 11.5 Å². The molecule has 1 saturated carbocycles. The van der Waals surface area contributed by atoms with Crippen LogP contribution in [0.1, 0.15) is 69.5 Å². The molecule has 0 aromatic heterocycles. The molecule has 1 aliphatic heterocycles. The van der Waals surface area contributed by atoms with Gasteiger partial charge in [0.25, 0.3) is 0 Å². The Kier molecular flexibility index (Phi) is 7.82. The second-order valence-corrected chi connectivity index (χ2v) is 7.89. The molecule has 0 radical (unpaired) electrons. The van der Waals surface area contributed by atoms with Gasteiger partial charge < -0.3 is 24.4 Å². The van der Waals surface area contributed by atoms with Crippen molar-refractivity contribution < 1.29 is 23.8 Å². The third kappa shape index (κ3) is 5.18. The van der Waals surface area contributed by atoms with Crippen LogP contribution in [0.2, 0.25) is 0 Å². The summed E-state index contributed by atoms with van der Waals surface area (Å²) >= 11 is 0. The second kappa shape index (κ2) is 10.5. The standard InChI is InChI=1S/C23H34N2O5/c1-4-29-20-13-16-11-12-25(23(27)24-17-9-7-6-8-10-17)19(15-22(26)28-3)18(16)14-21(20)30-5-2/h13-14,17,19H,4-12,15H2,1-3H3,(H,24,27). The molecule has 0 bridgehead atoms. The summed E-state index contributed by atoms with van der Waals surface area (Å²) in [4.78, 5) is 27.1. The largest absolute Gasteiger partial charge is 0.490 e. The van der Waals surface area contributed by atoms with Crippen molar-refractivity contribution >= 4 is 12.0 Å². The fourth-order valence-electron chi connectivity index (χ4n) is 4.45. The van der Waals surface area contributed by atoms with Gasteiger partial charge in [-0.05, 0) is 56.4 Å². The Morgan fingerprint density at radius 2 is 1.73 bits per heavy atom. The van der Waals surface area contributed by atoms with Gasteiger partial charge in [-0.25, -0.2) is 4.79 Å². The van der Waals surface area contributed by atoms with Crippen LogP contribution in [0.5, 0.6) is 11.5 Å². The highest BCUT2D eigenvalue weighted by molar-refractivity contribution is 5.78. The summed E-state index contributed by atoms with van der Waals surface area (Å²) in [6, 6.07) is 3.64. The Balaban J connectivity index is 1.89. The van der Waals surface area contributed by atoms with Gasteiger partial charge in [-0.3, -0.25) is 4.79 Å². The molecular formula is C23H34N2O5. The number of nitrogens with zero attached hydrogens (tertiary/aromatic N) is 1. The summed E-state index contributed by atoms with van der Waals surface area (Å²) in [5, 5.41) is 3.19. The van der Waals surface area contributed by atoms with E-state index in [4.69, 9.17) is 14.2 Å². The van der Waals surface area contributed by atoms with E-state index in [1.165, 1.54) is 13.5 Å². The number of amides is 2. The number of carbonyl (C=O) groups is 2. The number of benzene rings is 1. The molecule has 1 fully saturated rings. The second-order valence-electron chi connectivity index (χ2n) is 7.89. The van der Waals surface area contributed by atoms with Gasteiger partial charge in [-0.15, -0.1) is 0 Å². The number of hydrogen-bond acceptors (Lipinski definition) is 5. The Morgan fingerprint density at radius 1 is 1.07 bits per heavy atom. The van der Waals surface area contributed by atoms with Crippen molar-refractivity contribution in [1.29, 1.82) is 0 Å². The van der Waals surface area contributed by atoms with Gasteiger partial charge in [-0.2, -0.15) is 0 Å². The van der Waals surface area contributed by atoms with Crippen molar-refractivity contribution in [3.8, 4) is 11.5 Å². The van der Waals surface area contributed by atoms with Gasteiger partial charge in [0.05, 0.1) is 32.8 Å². The number of nitrogens with one attached hydrogen (secondary N) is 1. The lowest BCUT2D eigenvalue weighted by atomic mass is 9.90. The highest BCUT2D eigenvalue weighted by Crippen LogP contribution is 2.40. The highest BCUT2D eigenvalue weighted by atomic mass is 16.5. The lowest BCUT2D eigenvalue weighted by Crippen LogP contribution is -2.49. The van der Waals surface area contributed by atoms with Crippen LogP contribution in [0.4, 0.5) is 4.79 Å². The molecule has 1 aromatic rings. The zero-order chi connectivity index (χ0) is 21.5. The first-order chi connectivity index (χ1) is 14.6. The lowest BCUT2D eigenvalue weighted by molar-refractivity contribution is -0.141. The normalized spacial score (nSPS) is 19.0. The molecular weight excluding hydrogens is 384 g/mol. The minimum absolute atomic E-state index is 0.103. The zero-order valence-electron chi connectivity index (χ0n) is 18.4. The number of rotatable bonds is 7. The maximum absolute atomic E-state index is 13.1. The van der Waals surface area contributed by atoms with E-state index >= 15 is 0 Å².